The van der Waals surface area contributed by atoms with E-state index in [9.17, 15) is 8.42 Å². The van der Waals surface area contributed by atoms with Crippen LogP contribution in [0.1, 0.15) is 25.5 Å². The Balaban J connectivity index is 0.00000132. The van der Waals surface area contributed by atoms with E-state index in [4.69, 9.17) is 0 Å². The van der Waals surface area contributed by atoms with Crippen LogP contribution in [0.3, 0.4) is 0 Å². The topological polar surface area (TPSA) is 99.8 Å². The molecule has 0 aliphatic rings. The van der Waals surface area contributed by atoms with Gasteiger partial charge < -0.3 is 5.32 Å². The molecule has 162 valence electrons. The second-order valence-electron chi connectivity index (χ2n) is 6.86. The van der Waals surface area contributed by atoms with Crippen LogP contribution < -0.4 is 10.0 Å². The Bertz CT molecular complexity index is 1220. The van der Waals surface area contributed by atoms with E-state index in [1.54, 1.807) is 18.6 Å². The lowest BCUT2D eigenvalue weighted by atomic mass is 10.0. The van der Waals surface area contributed by atoms with E-state index in [1.165, 1.54) is 0 Å². The number of sulfonamides is 1. The van der Waals surface area contributed by atoms with E-state index in [0.29, 0.717) is 0 Å². The largest absolute Gasteiger partial charge is 0.376 e. The number of hydrogen-bond acceptors (Lipinski definition) is 5. The molecule has 0 bridgehead atoms. The zero-order chi connectivity index (χ0) is 22.3. The average Bonchev–Trinajstić information content (AvgIpc) is 3.26. The maximum atomic E-state index is 11.6. The highest BCUT2D eigenvalue weighted by molar-refractivity contribution is 7.88. The highest BCUT2D eigenvalue weighted by Crippen LogP contribution is 2.26. The summed E-state index contributed by atoms with van der Waals surface area (Å²) in [5, 5.41) is 11.4. The quantitative estimate of drug-likeness (QED) is 0.399. The first-order chi connectivity index (χ1) is 15.0. The van der Waals surface area contributed by atoms with E-state index < -0.39 is 10.0 Å². The van der Waals surface area contributed by atoms with Crippen LogP contribution in [-0.4, -0.2) is 36.4 Å². The molecule has 0 saturated heterocycles. The summed E-state index contributed by atoms with van der Waals surface area (Å²) in [4.78, 5) is 4.36. The van der Waals surface area contributed by atoms with Gasteiger partial charge in [0.25, 0.3) is 0 Å². The van der Waals surface area contributed by atoms with Crippen molar-refractivity contribution < 1.29 is 8.42 Å². The third-order valence-corrected chi connectivity index (χ3v) is 5.30. The van der Waals surface area contributed by atoms with Gasteiger partial charge in [0.1, 0.15) is 0 Å². The van der Waals surface area contributed by atoms with Gasteiger partial charge in [0.2, 0.25) is 10.0 Å². The molecule has 0 spiro atoms. The molecule has 0 aliphatic heterocycles. The number of aromatic nitrogens is 3. The van der Waals surface area contributed by atoms with Gasteiger partial charge in [-0.25, -0.2) is 13.1 Å². The molecule has 0 fully saturated rings. The van der Waals surface area contributed by atoms with Crippen LogP contribution in [0.5, 0.6) is 0 Å². The molecule has 3 N–H and O–H groups in total. The summed E-state index contributed by atoms with van der Waals surface area (Å²) >= 11 is 0. The van der Waals surface area contributed by atoms with Crippen LogP contribution in [0.25, 0.3) is 22.0 Å². The zero-order valence-corrected chi connectivity index (χ0v) is 18.6. The van der Waals surface area contributed by atoms with Crippen molar-refractivity contribution in [2.45, 2.75) is 19.9 Å². The van der Waals surface area contributed by atoms with Crippen molar-refractivity contribution in [2.24, 2.45) is 0 Å². The Morgan fingerprint density at radius 3 is 2.48 bits per heavy atom. The minimum Gasteiger partial charge on any atom is -0.376 e. The van der Waals surface area contributed by atoms with Crippen molar-refractivity contribution in [1.29, 1.82) is 0 Å². The number of H-pyrrole nitrogens is 1. The van der Waals surface area contributed by atoms with Crippen LogP contribution in [0.4, 0.5) is 5.69 Å². The lowest BCUT2D eigenvalue weighted by Gasteiger charge is -2.21. The monoisotopic (exact) mass is 437 g/mol. The Morgan fingerprint density at radius 2 is 1.74 bits per heavy atom. The van der Waals surface area contributed by atoms with E-state index in [1.807, 2.05) is 62.4 Å². The number of fused-ring (bicyclic) bond motifs is 1. The maximum Gasteiger partial charge on any atom is 0.208 e. The molecule has 31 heavy (non-hydrogen) atoms. The van der Waals surface area contributed by atoms with Gasteiger partial charge in [-0.15, -0.1) is 0 Å². The number of anilines is 1. The van der Waals surface area contributed by atoms with Gasteiger partial charge >= 0.3 is 0 Å². The van der Waals surface area contributed by atoms with Gasteiger partial charge in [-0.1, -0.05) is 50.2 Å². The molecule has 4 rings (SSSR count). The molecule has 0 radical (unpaired) electrons. The molecule has 7 nitrogen and oxygen atoms in total. The van der Waals surface area contributed by atoms with Gasteiger partial charge in [0.15, 0.2) is 0 Å². The predicted octanol–water partition coefficient (Wildman–Crippen LogP) is 4.35. The Kier molecular flexibility index (Phi) is 7.38. The summed E-state index contributed by atoms with van der Waals surface area (Å²) in [5.41, 5.74) is 4.75. The van der Waals surface area contributed by atoms with Gasteiger partial charge in [-0.2, -0.15) is 5.10 Å². The van der Waals surface area contributed by atoms with Crippen molar-refractivity contribution in [3.05, 3.63) is 78.8 Å². The lowest BCUT2D eigenvalue weighted by molar-refractivity contribution is 0.582. The molecule has 0 amide bonds. The minimum atomic E-state index is -3.30. The number of nitrogens with zero attached hydrogens (tertiary/aromatic N) is 2. The first-order valence-corrected chi connectivity index (χ1v) is 12.0. The van der Waals surface area contributed by atoms with Gasteiger partial charge in [-0.3, -0.25) is 10.1 Å². The summed E-state index contributed by atoms with van der Waals surface area (Å²) in [6.07, 6.45) is 6.48. The summed E-state index contributed by atoms with van der Waals surface area (Å²) in [6, 6.07) is 17.5. The third kappa shape index (κ3) is 6.13. The summed E-state index contributed by atoms with van der Waals surface area (Å²) in [6.45, 7) is 4.23. The van der Waals surface area contributed by atoms with Gasteiger partial charge in [-0.05, 0) is 29.3 Å². The summed E-state index contributed by atoms with van der Waals surface area (Å²) in [7, 11) is -3.30. The number of hydrogen-bond donors (Lipinski definition) is 3. The molecule has 0 aliphatic carbocycles. The smallest absolute Gasteiger partial charge is 0.208 e. The maximum absolute atomic E-state index is 11.6. The molecule has 4 aromatic rings. The van der Waals surface area contributed by atoms with Crippen LogP contribution in [0, 0.1) is 0 Å². The highest BCUT2D eigenvalue weighted by atomic mass is 32.2. The van der Waals surface area contributed by atoms with Crippen LogP contribution >= 0.6 is 0 Å². The van der Waals surface area contributed by atoms with Gasteiger partial charge in [0.05, 0.1) is 29.7 Å². The van der Waals surface area contributed by atoms with Crippen LogP contribution in [0.2, 0.25) is 0 Å². The zero-order valence-electron chi connectivity index (χ0n) is 17.8. The minimum absolute atomic E-state index is 0.230. The molecule has 2 aromatic heterocycles. The fraction of sp³-hybridized carbons (Fsp3) is 0.217. The molecule has 2 aromatic carbocycles. The standard InChI is InChI=1S/C21H21N5O2S.C2H6/c1-29(27,28)24-14-21(15-5-3-2-4-6-15)25-19-10-17(11-22-13-19)16-7-8-20-18(9-16)12-23-26-20;1-2/h2-13,21,24-25H,14H2,1H3,(H,23,26);1-2H3. The average molecular weight is 438 g/mol. The molecule has 8 heteroatoms. The number of benzene rings is 2. The highest BCUT2D eigenvalue weighted by Gasteiger charge is 2.14. The van der Waals surface area contributed by atoms with Crippen molar-refractivity contribution in [1.82, 2.24) is 19.9 Å². The number of nitrogens with one attached hydrogen (secondary N) is 3. The molecular formula is C23H27N5O2S. The van der Waals surface area contributed by atoms with E-state index >= 15 is 0 Å². The Labute approximate surface area is 183 Å². The number of pyridine rings is 1. The lowest BCUT2D eigenvalue weighted by Crippen LogP contribution is -2.30. The van der Waals surface area contributed by atoms with E-state index in [-0.39, 0.29) is 12.6 Å². The van der Waals surface area contributed by atoms with Crippen molar-refractivity contribution in [3.8, 4) is 11.1 Å². The fourth-order valence-electron chi connectivity index (χ4n) is 3.17. The second-order valence-corrected chi connectivity index (χ2v) is 8.70. The summed E-state index contributed by atoms with van der Waals surface area (Å²) in [5.74, 6) is 0. The molecule has 0 saturated carbocycles. The predicted molar refractivity (Wildman–Crippen MR) is 126 cm³/mol. The van der Waals surface area contributed by atoms with Crippen molar-refractivity contribution in [2.75, 3.05) is 18.1 Å². The number of rotatable bonds is 7. The number of aromatic amines is 1. The SMILES string of the molecule is CC.CS(=O)(=O)NCC(Nc1cncc(-c2ccc3[nH]ncc3c2)c1)c1ccccc1. The molecule has 1 unspecified atom stereocenters. The summed E-state index contributed by atoms with van der Waals surface area (Å²) < 4.78 is 25.8. The van der Waals surface area contributed by atoms with Gasteiger partial charge in [0, 0.05) is 29.9 Å². The normalized spacial score (nSPS) is 12.1. The third-order valence-electron chi connectivity index (χ3n) is 4.60. The van der Waals surface area contributed by atoms with E-state index in [2.05, 4.69) is 31.3 Å². The Morgan fingerprint density at radius 1 is 0.968 bits per heavy atom. The molecular weight excluding hydrogens is 410 g/mol. The first-order valence-electron chi connectivity index (χ1n) is 10.1. The fourth-order valence-corrected chi connectivity index (χ4v) is 3.64. The van der Waals surface area contributed by atoms with E-state index in [0.717, 1.165) is 39.5 Å². The Hall–Kier alpha value is -3.23. The van der Waals surface area contributed by atoms with Crippen molar-refractivity contribution in [3.63, 3.8) is 0 Å². The molecule has 2 heterocycles. The second kappa shape index (κ2) is 10.2. The van der Waals surface area contributed by atoms with Crippen molar-refractivity contribution >= 4 is 26.6 Å². The molecule has 1 atom stereocenters. The van der Waals surface area contributed by atoms with Crippen LogP contribution in [-0.2, 0) is 10.0 Å². The first kappa shape index (κ1) is 22.5. The van der Waals surface area contributed by atoms with Crippen LogP contribution in [0.15, 0.2) is 73.2 Å².